The minimum absolute atomic E-state index is 0.148. The fourth-order valence-corrected chi connectivity index (χ4v) is 3.70. The van der Waals surface area contributed by atoms with Crippen LogP contribution >= 0.6 is 22.9 Å². The molecule has 6 heteroatoms. The summed E-state index contributed by atoms with van der Waals surface area (Å²) in [7, 11) is 0. The van der Waals surface area contributed by atoms with Crippen LogP contribution in [0.2, 0.25) is 5.02 Å². The highest BCUT2D eigenvalue weighted by Crippen LogP contribution is 2.20. The van der Waals surface area contributed by atoms with Crippen LogP contribution in [0.25, 0.3) is 10.2 Å². The third-order valence-electron chi connectivity index (χ3n) is 3.55. The maximum absolute atomic E-state index is 12.2. The Morgan fingerprint density at radius 2 is 2.08 bits per heavy atom. The van der Waals surface area contributed by atoms with Gasteiger partial charge in [-0.05, 0) is 42.8 Å². The van der Waals surface area contributed by atoms with Gasteiger partial charge < -0.3 is 9.30 Å². The first kappa shape index (κ1) is 17.3. The second-order valence-corrected chi connectivity index (χ2v) is 6.79. The van der Waals surface area contributed by atoms with Crippen molar-refractivity contribution < 1.29 is 9.53 Å². The van der Waals surface area contributed by atoms with E-state index < -0.39 is 0 Å². The van der Waals surface area contributed by atoms with Crippen molar-refractivity contribution >= 4 is 39.1 Å². The SMILES string of the molecule is C#CCn1c(=NC(=O)COc2ccc(Cl)cc2)sc2cccc(C)c21. The molecule has 0 saturated carbocycles. The highest BCUT2D eigenvalue weighted by Gasteiger charge is 2.09. The number of aromatic nitrogens is 1. The first-order chi connectivity index (χ1) is 12.1. The van der Waals surface area contributed by atoms with Gasteiger partial charge in [0.15, 0.2) is 11.4 Å². The van der Waals surface area contributed by atoms with Gasteiger partial charge in [0.05, 0.1) is 16.8 Å². The van der Waals surface area contributed by atoms with E-state index in [1.165, 1.54) is 11.3 Å². The molecule has 1 amide bonds. The quantitative estimate of drug-likeness (QED) is 0.655. The summed E-state index contributed by atoms with van der Waals surface area (Å²) in [5.74, 6) is 2.82. The van der Waals surface area contributed by atoms with E-state index in [9.17, 15) is 4.79 Å². The second kappa shape index (κ2) is 7.56. The van der Waals surface area contributed by atoms with Gasteiger partial charge >= 0.3 is 0 Å². The average Bonchev–Trinajstić information content (AvgIpc) is 2.93. The van der Waals surface area contributed by atoms with Crippen molar-refractivity contribution in [3.63, 3.8) is 0 Å². The number of aryl methyl sites for hydroxylation is 1. The molecule has 2 aromatic carbocycles. The molecule has 0 spiro atoms. The molecule has 4 nitrogen and oxygen atoms in total. The van der Waals surface area contributed by atoms with Gasteiger partial charge in [-0.2, -0.15) is 4.99 Å². The minimum atomic E-state index is -0.370. The van der Waals surface area contributed by atoms with E-state index in [1.54, 1.807) is 24.3 Å². The monoisotopic (exact) mass is 370 g/mol. The number of hydrogen-bond donors (Lipinski definition) is 0. The van der Waals surface area contributed by atoms with Gasteiger partial charge in [0.2, 0.25) is 0 Å². The van der Waals surface area contributed by atoms with Gasteiger partial charge in [-0.25, -0.2) is 0 Å². The van der Waals surface area contributed by atoms with Crippen LogP contribution in [-0.4, -0.2) is 17.1 Å². The molecule has 25 heavy (non-hydrogen) atoms. The van der Waals surface area contributed by atoms with Gasteiger partial charge in [0.1, 0.15) is 5.75 Å². The number of hydrogen-bond acceptors (Lipinski definition) is 3. The van der Waals surface area contributed by atoms with Crippen molar-refractivity contribution in [1.82, 2.24) is 4.57 Å². The fraction of sp³-hybridized carbons (Fsp3) is 0.158. The van der Waals surface area contributed by atoms with Crippen LogP contribution in [0, 0.1) is 19.3 Å². The standard InChI is InChI=1S/C19H15ClN2O2S/c1-3-11-22-18-13(2)5-4-6-16(18)25-19(22)21-17(23)12-24-15-9-7-14(20)8-10-15/h1,4-10H,11-12H2,2H3. The van der Waals surface area contributed by atoms with Crippen molar-refractivity contribution in [2.45, 2.75) is 13.5 Å². The number of thiazole rings is 1. The topological polar surface area (TPSA) is 43.6 Å². The zero-order valence-corrected chi connectivity index (χ0v) is 15.1. The van der Waals surface area contributed by atoms with Crippen molar-refractivity contribution in [3.05, 3.63) is 57.9 Å². The van der Waals surface area contributed by atoms with Crippen LogP contribution in [0.5, 0.6) is 5.75 Å². The Morgan fingerprint density at radius 3 is 2.80 bits per heavy atom. The second-order valence-electron chi connectivity index (χ2n) is 5.34. The van der Waals surface area contributed by atoms with Gasteiger partial charge in [0.25, 0.3) is 5.91 Å². The van der Waals surface area contributed by atoms with E-state index in [-0.39, 0.29) is 12.5 Å². The summed E-state index contributed by atoms with van der Waals surface area (Å²) in [5.41, 5.74) is 2.10. The number of nitrogens with zero attached hydrogens (tertiary/aromatic N) is 2. The molecule has 0 fully saturated rings. The molecule has 0 unspecified atom stereocenters. The summed E-state index contributed by atoms with van der Waals surface area (Å²) in [5, 5.41) is 0.610. The van der Waals surface area contributed by atoms with Crippen molar-refractivity contribution in [1.29, 1.82) is 0 Å². The third-order valence-corrected chi connectivity index (χ3v) is 4.84. The number of benzene rings is 2. The van der Waals surface area contributed by atoms with E-state index in [4.69, 9.17) is 22.8 Å². The Labute approximate surface area is 154 Å². The molecule has 0 aliphatic carbocycles. The Hall–Kier alpha value is -2.55. The smallest absolute Gasteiger partial charge is 0.286 e. The number of fused-ring (bicyclic) bond motifs is 1. The Morgan fingerprint density at radius 1 is 1.32 bits per heavy atom. The Bertz CT molecular complexity index is 1030. The predicted molar refractivity (Wildman–Crippen MR) is 101 cm³/mol. The predicted octanol–water partition coefficient (Wildman–Crippen LogP) is 3.80. The van der Waals surface area contributed by atoms with Crippen LogP contribution in [-0.2, 0) is 11.3 Å². The van der Waals surface area contributed by atoms with Gasteiger partial charge in [-0.3, -0.25) is 4.79 Å². The number of amides is 1. The van der Waals surface area contributed by atoms with Crippen LogP contribution < -0.4 is 9.54 Å². The highest BCUT2D eigenvalue weighted by atomic mass is 35.5. The van der Waals surface area contributed by atoms with E-state index in [0.29, 0.717) is 22.1 Å². The van der Waals surface area contributed by atoms with Crippen molar-refractivity contribution in [2.24, 2.45) is 4.99 Å². The van der Waals surface area contributed by atoms with Crippen LogP contribution in [0.15, 0.2) is 47.5 Å². The van der Waals surface area contributed by atoms with E-state index in [1.807, 2.05) is 29.7 Å². The number of halogens is 1. The Kier molecular flexibility index (Phi) is 5.22. The average molecular weight is 371 g/mol. The number of carbonyl (C=O) groups excluding carboxylic acids is 1. The number of terminal acetylenes is 1. The third kappa shape index (κ3) is 3.93. The van der Waals surface area contributed by atoms with E-state index in [0.717, 1.165) is 15.8 Å². The molecule has 0 bridgehead atoms. The van der Waals surface area contributed by atoms with Gasteiger partial charge in [0, 0.05) is 5.02 Å². The van der Waals surface area contributed by atoms with Crippen molar-refractivity contribution in [2.75, 3.05) is 6.61 Å². The molecule has 0 saturated heterocycles. The Balaban J connectivity index is 1.88. The summed E-state index contributed by atoms with van der Waals surface area (Å²) in [6, 6.07) is 12.8. The maximum Gasteiger partial charge on any atom is 0.286 e. The molecule has 0 N–H and O–H groups in total. The summed E-state index contributed by atoms with van der Waals surface area (Å²) < 4.78 is 8.37. The molecule has 3 aromatic rings. The lowest BCUT2D eigenvalue weighted by molar-refractivity contribution is -0.120. The maximum atomic E-state index is 12.2. The summed E-state index contributed by atoms with van der Waals surface area (Å²) in [6.45, 7) is 2.22. The highest BCUT2D eigenvalue weighted by molar-refractivity contribution is 7.16. The van der Waals surface area contributed by atoms with Crippen molar-refractivity contribution in [3.8, 4) is 18.1 Å². The normalized spacial score (nSPS) is 11.5. The molecule has 1 aromatic heterocycles. The fourth-order valence-electron chi connectivity index (χ4n) is 2.45. The molecule has 3 rings (SSSR count). The molecular formula is C19H15ClN2O2S. The first-order valence-electron chi connectivity index (χ1n) is 7.57. The number of rotatable bonds is 4. The van der Waals surface area contributed by atoms with E-state index in [2.05, 4.69) is 10.9 Å². The summed E-state index contributed by atoms with van der Waals surface area (Å²) in [4.78, 5) is 17.0. The zero-order chi connectivity index (χ0) is 17.8. The number of ether oxygens (including phenoxy) is 1. The minimum Gasteiger partial charge on any atom is -0.484 e. The number of carbonyl (C=O) groups is 1. The largest absolute Gasteiger partial charge is 0.484 e. The zero-order valence-electron chi connectivity index (χ0n) is 13.5. The molecule has 0 atom stereocenters. The lowest BCUT2D eigenvalue weighted by Gasteiger charge is -2.04. The molecule has 0 aliphatic rings. The summed E-state index contributed by atoms with van der Waals surface area (Å²) >= 11 is 7.26. The number of para-hydroxylation sites is 1. The van der Waals surface area contributed by atoms with Crippen LogP contribution in [0.3, 0.4) is 0 Å². The van der Waals surface area contributed by atoms with Crippen LogP contribution in [0.4, 0.5) is 0 Å². The summed E-state index contributed by atoms with van der Waals surface area (Å²) in [6.07, 6.45) is 5.48. The van der Waals surface area contributed by atoms with Crippen LogP contribution in [0.1, 0.15) is 5.56 Å². The molecule has 1 heterocycles. The van der Waals surface area contributed by atoms with Gasteiger partial charge in [-0.1, -0.05) is 41.0 Å². The molecular weight excluding hydrogens is 356 g/mol. The molecule has 126 valence electrons. The lowest BCUT2D eigenvalue weighted by Crippen LogP contribution is -2.19. The molecule has 0 radical (unpaired) electrons. The molecule has 0 aliphatic heterocycles. The lowest BCUT2D eigenvalue weighted by atomic mass is 10.2. The first-order valence-corrected chi connectivity index (χ1v) is 8.76. The van der Waals surface area contributed by atoms with E-state index >= 15 is 0 Å². The van der Waals surface area contributed by atoms with Gasteiger partial charge in [-0.15, -0.1) is 6.42 Å².